The van der Waals surface area contributed by atoms with Crippen molar-refractivity contribution >= 4 is 22.0 Å². The summed E-state index contributed by atoms with van der Waals surface area (Å²) >= 11 is 0. The predicted molar refractivity (Wildman–Crippen MR) is 111 cm³/mol. The molecule has 5 aromatic rings. The predicted octanol–water partition coefficient (Wildman–Crippen LogP) is 3.93. The highest BCUT2D eigenvalue weighted by Gasteiger charge is 2.20. The molecule has 7 heteroatoms. The summed E-state index contributed by atoms with van der Waals surface area (Å²) < 4.78 is 13.5. The molecule has 0 aliphatic heterocycles. The number of benzene rings is 2. The Morgan fingerprint density at radius 1 is 1.14 bits per heavy atom. The van der Waals surface area contributed by atoms with E-state index in [2.05, 4.69) is 9.97 Å². The Hall–Kier alpha value is -3.84. The first kappa shape index (κ1) is 17.3. The SMILES string of the molecule is Cn1cc(-c2ccc3oc(CN)nc3c2Oc2ccccc2)c2cc[nH]c2c1=O. The van der Waals surface area contributed by atoms with Crippen LogP contribution in [0, 0.1) is 0 Å². The fraction of sp³-hybridized carbons (Fsp3) is 0.0909. The lowest BCUT2D eigenvalue weighted by atomic mass is 10.0. The number of ether oxygens (including phenoxy) is 1. The van der Waals surface area contributed by atoms with Gasteiger partial charge in [-0.3, -0.25) is 4.79 Å². The van der Waals surface area contributed by atoms with E-state index in [1.54, 1.807) is 24.0 Å². The lowest BCUT2D eigenvalue weighted by molar-refractivity contribution is 0.489. The fourth-order valence-corrected chi connectivity index (χ4v) is 3.51. The second kappa shape index (κ2) is 6.65. The number of oxazole rings is 1. The molecule has 7 nitrogen and oxygen atoms in total. The summed E-state index contributed by atoms with van der Waals surface area (Å²) in [6.45, 7) is 0.191. The number of rotatable bonds is 4. The van der Waals surface area contributed by atoms with Crippen LogP contribution < -0.4 is 16.0 Å². The molecule has 3 N–H and O–H groups in total. The highest BCUT2D eigenvalue weighted by molar-refractivity contribution is 5.99. The molecule has 0 radical (unpaired) electrons. The molecule has 0 amide bonds. The molecule has 0 saturated carbocycles. The third kappa shape index (κ3) is 2.79. The van der Waals surface area contributed by atoms with Crippen LogP contribution in [-0.2, 0) is 13.6 Å². The van der Waals surface area contributed by atoms with Crippen LogP contribution in [0.3, 0.4) is 0 Å². The van der Waals surface area contributed by atoms with E-state index >= 15 is 0 Å². The van der Waals surface area contributed by atoms with Crippen molar-refractivity contribution < 1.29 is 9.15 Å². The summed E-state index contributed by atoms with van der Waals surface area (Å²) in [5.74, 6) is 1.66. The normalized spacial score (nSPS) is 11.4. The number of nitrogens with one attached hydrogen (secondary N) is 1. The zero-order valence-corrected chi connectivity index (χ0v) is 15.7. The topological polar surface area (TPSA) is 99.1 Å². The summed E-state index contributed by atoms with van der Waals surface area (Å²) in [6, 6.07) is 15.1. The number of aromatic amines is 1. The molecule has 144 valence electrons. The van der Waals surface area contributed by atoms with E-state index in [1.807, 2.05) is 48.5 Å². The monoisotopic (exact) mass is 386 g/mol. The van der Waals surface area contributed by atoms with Gasteiger partial charge in [-0.2, -0.15) is 0 Å². The van der Waals surface area contributed by atoms with Gasteiger partial charge in [0.1, 0.15) is 11.3 Å². The van der Waals surface area contributed by atoms with Gasteiger partial charge in [0.25, 0.3) is 5.56 Å². The summed E-state index contributed by atoms with van der Waals surface area (Å²) in [4.78, 5) is 20.0. The maximum atomic E-state index is 12.5. The van der Waals surface area contributed by atoms with Gasteiger partial charge in [-0.15, -0.1) is 0 Å². The van der Waals surface area contributed by atoms with Crippen LogP contribution in [0.1, 0.15) is 5.89 Å². The smallest absolute Gasteiger partial charge is 0.274 e. The van der Waals surface area contributed by atoms with E-state index in [9.17, 15) is 4.79 Å². The molecule has 29 heavy (non-hydrogen) atoms. The van der Waals surface area contributed by atoms with Gasteiger partial charge in [-0.05, 0) is 30.3 Å². The molecule has 0 unspecified atom stereocenters. The molecule has 3 aromatic heterocycles. The van der Waals surface area contributed by atoms with Crippen molar-refractivity contribution in [2.75, 3.05) is 0 Å². The molecule has 0 aliphatic rings. The lowest BCUT2D eigenvalue weighted by Gasteiger charge is -2.13. The molecule has 0 bridgehead atoms. The number of pyridine rings is 1. The van der Waals surface area contributed by atoms with Crippen LogP contribution in [0.25, 0.3) is 33.1 Å². The van der Waals surface area contributed by atoms with Crippen LogP contribution in [0.5, 0.6) is 11.5 Å². The minimum atomic E-state index is -0.0905. The second-order valence-corrected chi connectivity index (χ2v) is 6.74. The maximum Gasteiger partial charge on any atom is 0.274 e. The van der Waals surface area contributed by atoms with Gasteiger partial charge in [0, 0.05) is 36.0 Å². The Kier molecular flexibility index (Phi) is 3.96. The standard InChI is InChI=1S/C22H18N4O3/c1-26-12-16(14-9-10-24-19(14)22(26)27)15-7-8-17-20(25-18(11-23)29-17)21(15)28-13-5-3-2-4-6-13/h2-10,12,24H,11,23H2,1H3. The van der Waals surface area contributed by atoms with Crippen molar-refractivity contribution in [3.05, 3.63) is 77.2 Å². The van der Waals surface area contributed by atoms with E-state index in [0.29, 0.717) is 34.0 Å². The van der Waals surface area contributed by atoms with Gasteiger partial charge in [-0.25, -0.2) is 4.98 Å². The molecular formula is C22H18N4O3. The largest absolute Gasteiger partial charge is 0.454 e. The summed E-state index contributed by atoms with van der Waals surface area (Å²) in [5, 5.41) is 0.813. The Labute approximate surface area is 165 Å². The van der Waals surface area contributed by atoms with Gasteiger partial charge in [0.05, 0.1) is 6.54 Å². The van der Waals surface area contributed by atoms with Crippen molar-refractivity contribution in [2.45, 2.75) is 6.54 Å². The van der Waals surface area contributed by atoms with Crippen molar-refractivity contribution in [2.24, 2.45) is 12.8 Å². The van der Waals surface area contributed by atoms with Crippen molar-refractivity contribution in [1.82, 2.24) is 14.5 Å². The van der Waals surface area contributed by atoms with Crippen LogP contribution in [0.4, 0.5) is 0 Å². The number of aromatic nitrogens is 3. The van der Waals surface area contributed by atoms with Gasteiger partial charge in [0.15, 0.2) is 16.8 Å². The summed E-state index contributed by atoms with van der Waals surface area (Å²) in [7, 11) is 1.73. The number of nitrogens with zero attached hydrogens (tertiary/aromatic N) is 2. The molecule has 2 aromatic carbocycles. The number of nitrogens with two attached hydrogens (primary N) is 1. The minimum absolute atomic E-state index is 0.0905. The molecule has 0 atom stereocenters. The summed E-state index contributed by atoms with van der Waals surface area (Å²) in [5.41, 5.74) is 9.01. The zero-order valence-electron chi connectivity index (χ0n) is 15.7. The number of aryl methyl sites for hydroxylation is 1. The number of hydrogen-bond donors (Lipinski definition) is 2. The number of para-hydroxylation sites is 1. The van der Waals surface area contributed by atoms with Gasteiger partial charge in [-0.1, -0.05) is 18.2 Å². The van der Waals surface area contributed by atoms with Crippen molar-refractivity contribution in [3.63, 3.8) is 0 Å². The molecule has 0 saturated heterocycles. The third-order valence-corrected chi connectivity index (χ3v) is 4.88. The maximum absolute atomic E-state index is 12.5. The second-order valence-electron chi connectivity index (χ2n) is 6.74. The average Bonchev–Trinajstić information content (AvgIpc) is 3.39. The Balaban J connectivity index is 1.82. The van der Waals surface area contributed by atoms with E-state index < -0.39 is 0 Å². The first-order valence-corrected chi connectivity index (χ1v) is 9.18. The Morgan fingerprint density at radius 3 is 2.76 bits per heavy atom. The highest BCUT2D eigenvalue weighted by Crippen LogP contribution is 2.41. The van der Waals surface area contributed by atoms with Gasteiger partial charge < -0.3 is 24.4 Å². The number of H-pyrrole nitrogens is 1. The van der Waals surface area contributed by atoms with E-state index in [-0.39, 0.29) is 12.1 Å². The average molecular weight is 386 g/mol. The van der Waals surface area contributed by atoms with Crippen LogP contribution in [0.15, 0.2) is 70.1 Å². The molecular weight excluding hydrogens is 368 g/mol. The van der Waals surface area contributed by atoms with Crippen LogP contribution >= 0.6 is 0 Å². The van der Waals surface area contributed by atoms with Gasteiger partial charge in [0.2, 0.25) is 5.89 Å². The minimum Gasteiger partial charge on any atom is -0.454 e. The fourth-order valence-electron chi connectivity index (χ4n) is 3.51. The van der Waals surface area contributed by atoms with Crippen LogP contribution in [0.2, 0.25) is 0 Å². The highest BCUT2D eigenvalue weighted by atomic mass is 16.5. The molecule has 5 rings (SSSR count). The first-order chi connectivity index (χ1) is 14.2. The molecule has 3 heterocycles. The molecule has 0 fully saturated rings. The van der Waals surface area contributed by atoms with Crippen LogP contribution in [-0.4, -0.2) is 14.5 Å². The van der Waals surface area contributed by atoms with Crippen molar-refractivity contribution in [3.8, 4) is 22.6 Å². The molecule has 0 spiro atoms. The number of hydrogen-bond acceptors (Lipinski definition) is 5. The first-order valence-electron chi connectivity index (χ1n) is 9.18. The quantitative estimate of drug-likeness (QED) is 0.488. The Morgan fingerprint density at radius 2 is 1.97 bits per heavy atom. The molecule has 0 aliphatic carbocycles. The van der Waals surface area contributed by atoms with Crippen molar-refractivity contribution in [1.29, 1.82) is 0 Å². The third-order valence-electron chi connectivity index (χ3n) is 4.88. The lowest BCUT2D eigenvalue weighted by Crippen LogP contribution is -2.16. The van der Waals surface area contributed by atoms with E-state index in [0.717, 1.165) is 16.5 Å². The number of fused-ring (bicyclic) bond motifs is 2. The zero-order chi connectivity index (χ0) is 20.0. The van der Waals surface area contributed by atoms with E-state index in [4.69, 9.17) is 14.9 Å². The summed E-state index contributed by atoms with van der Waals surface area (Å²) in [6.07, 6.45) is 3.57. The Bertz CT molecular complexity index is 1400. The van der Waals surface area contributed by atoms with E-state index in [1.165, 1.54) is 0 Å². The van der Waals surface area contributed by atoms with Gasteiger partial charge >= 0.3 is 0 Å².